The average molecular weight is 825 g/mol. The molecule has 0 aliphatic heterocycles. The molecule has 0 heterocycles. The zero-order valence-corrected chi connectivity index (χ0v) is 33.0. The van der Waals surface area contributed by atoms with Crippen LogP contribution in [0.5, 0.6) is 5.75 Å². The van der Waals surface area contributed by atoms with Crippen molar-refractivity contribution in [2.24, 2.45) is 0 Å². The minimum atomic E-state index is -1.56. The van der Waals surface area contributed by atoms with Gasteiger partial charge in [0.15, 0.2) is 0 Å². The van der Waals surface area contributed by atoms with Crippen molar-refractivity contribution in [2.45, 2.75) is 75.7 Å². The molecule has 0 spiro atoms. The van der Waals surface area contributed by atoms with E-state index >= 15 is 0 Å². The van der Waals surface area contributed by atoms with Crippen molar-refractivity contribution in [1.29, 1.82) is 0 Å². The number of benzene rings is 4. The van der Waals surface area contributed by atoms with Gasteiger partial charge < -0.3 is 47.2 Å². The van der Waals surface area contributed by atoms with Gasteiger partial charge in [-0.15, -0.1) is 0 Å². The fourth-order valence-corrected chi connectivity index (χ4v) is 6.38. The highest BCUT2D eigenvalue weighted by Crippen LogP contribution is 2.18. The average Bonchev–Trinajstić information content (AvgIpc) is 3.21. The van der Waals surface area contributed by atoms with Gasteiger partial charge in [-0.3, -0.25) is 38.4 Å². The van der Waals surface area contributed by atoms with E-state index in [1.165, 1.54) is 31.3 Å². The summed E-state index contributed by atoms with van der Waals surface area (Å²) in [5.41, 5.74) is 1.75. The molecule has 0 unspecified atom stereocenters. The molecule has 0 radical (unpaired) electrons. The molecule has 0 fully saturated rings. The number of phenols is 1. The standard InChI is InChI=1S/C43H48N6O11/c1-25(50)45-36(24-38(54)55)43(60)49-35(22-27-13-16-31(51)17-14-27)42(59)48-34(21-26-8-4-3-5-9-26)41(58)46-32(18-19-37(52)53)40(57)47-33(39(56)44-2)23-28-12-15-29-10-6-7-11-30(29)20-28/h3-17,20,32-36,51H,18-19,21-24H2,1-2H3,(H,44,56)(H,45,50)(H,46,58)(H,47,57)(H,48,59)(H,49,60)(H,52,53)(H,54,55)/t32-,33-,34-,35-,36-/m0/s1. The molecule has 9 N–H and O–H groups in total. The van der Waals surface area contributed by atoms with Gasteiger partial charge in [0.2, 0.25) is 35.4 Å². The van der Waals surface area contributed by atoms with Crippen LogP contribution in [-0.2, 0) is 57.6 Å². The van der Waals surface area contributed by atoms with E-state index in [0.717, 1.165) is 23.3 Å². The Balaban J connectivity index is 1.62. The molecule has 17 heteroatoms. The molecule has 4 rings (SSSR count). The minimum Gasteiger partial charge on any atom is -0.508 e. The van der Waals surface area contributed by atoms with E-state index in [2.05, 4.69) is 31.9 Å². The quantitative estimate of drug-likeness (QED) is 0.0574. The summed E-state index contributed by atoms with van der Waals surface area (Å²) in [6.45, 7) is 1.09. The van der Waals surface area contributed by atoms with E-state index in [0.29, 0.717) is 11.1 Å². The lowest BCUT2D eigenvalue weighted by molar-refractivity contribution is -0.141. The van der Waals surface area contributed by atoms with Crippen LogP contribution in [0.4, 0.5) is 0 Å². The molecule has 0 saturated carbocycles. The fraction of sp³-hybridized carbons (Fsp3) is 0.302. The van der Waals surface area contributed by atoms with Crippen LogP contribution in [0.25, 0.3) is 10.8 Å². The summed E-state index contributed by atoms with van der Waals surface area (Å²) in [5, 5.41) is 45.6. The molecule has 0 aliphatic rings. The van der Waals surface area contributed by atoms with Gasteiger partial charge in [-0.1, -0.05) is 84.9 Å². The number of aromatic hydroxyl groups is 1. The number of likely N-dealkylation sites (N-methyl/N-ethyl adjacent to an activating group) is 1. The first-order valence-electron chi connectivity index (χ1n) is 19.0. The summed E-state index contributed by atoms with van der Waals surface area (Å²) in [4.78, 5) is 104. The Kier molecular flexibility index (Phi) is 16.7. The smallest absolute Gasteiger partial charge is 0.305 e. The second kappa shape index (κ2) is 22.0. The van der Waals surface area contributed by atoms with E-state index in [1.807, 2.05) is 42.5 Å². The Labute approximate surface area is 345 Å². The maximum atomic E-state index is 14.2. The zero-order chi connectivity index (χ0) is 43.8. The van der Waals surface area contributed by atoms with E-state index < -0.39 is 90.4 Å². The molecule has 17 nitrogen and oxygen atoms in total. The van der Waals surface area contributed by atoms with E-state index in [1.54, 1.807) is 30.3 Å². The van der Waals surface area contributed by atoms with Crippen molar-refractivity contribution < 1.29 is 53.7 Å². The van der Waals surface area contributed by atoms with Crippen LogP contribution >= 0.6 is 0 Å². The van der Waals surface area contributed by atoms with Crippen molar-refractivity contribution in [2.75, 3.05) is 7.05 Å². The molecule has 316 valence electrons. The zero-order valence-electron chi connectivity index (χ0n) is 33.0. The SMILES string of the molecule is CNC(=O)[C@H](Cc1ccc2ccccc2c1)NC(=O)[C@H](CCC(=O)O)NC(=O)[C@H](Cc1ccccc1)NC(=O)[C@H](Cc1ccc(O)cc1)NC(=O)[C@H](CC(=O)O)NC(C)=O. The third-order valence-electron chi connectivity index (χ3n) is 9.41. The summed E-state index contributed by atoms with van der Waals surface area (Å²) < 4.78 is 0. The number of aliphatic carboxylic acids is 2. The second-order valence-electron chi connectivity index (χ2n) is 14.1. The van der Waals surface area contributed by atoms with Gasteiger partial charge in [-0.05, 0) is 46.0 Å². The molecule has 0 bridgehead atoms. The van der Waals surface area contributed by atoms with Crippen LogP contribution in [0.3, 0.4) is 0 Å². The van der Waals surface area contributed by atoms with Crippen molar-refractivity contribution >= 4 is 58.2 Å². The van der Waals surface area contributed by atoms with Crippen molar-refractivity contribution in [3.8, 4) is 5.75 Å². The third kappa shape index (κ3) is 14.3. The lowest BCUT2D eigenvalue weighted by Crippen LogP contribution is -2.60. The normalized spacial score (nSPS) is 13.3. The number of amides is 6. The third-order valence-corrected chi connectivity index (χ3v) is 9.41. The van der Waals surface area contributed by atoms with E-state index in [9.17, 15) is 53.7 Å². The lowest BCUT2D eigenvalue weighted by Gasteiger charge is -2.27. The van der Waals surface area contributed by atoms with Crippen LogP contribution in [-0.4, -0.2) is 100.0 Å². The molecule has 60 heavy (non-hydrogen) atoms. The fourth-order valence-electron chi connectivity index (χ4n) is 6.38. The summed E-state index contributed by atoms with van der Waals surface area (Å²) in [7, 11) is 1.39. The molecule has 6 amide bonds. The van der Waals surface area contributed by atoms with E-state index in [4.69, 9.17) is 0 Å². The Morgan fingerprint density at radius 1 is 0.500 bits per heavy atom. The highest BCUT2D eigenvalue weighted by Gasteiger charge is 2.33. The number of nitrogens with one attached hydrogen (secondary N) is 6. The largest absolute Gasteiger partial charge is 0.508 e. The van der Waals surface area contributed by atoms with Gasteiger partial charge in [-0.25, -0.2) is 0 Å². The highest BCUT2D eigenvalue weighted by molar-refractivity contribution is 5.97. The van der Waals surface area contributed by atoms with Crippen molar-refractivity contribution in [3.05, 3.63) is 114 Å². The molecule has 0 aromatic heterocycles. The predicted octanol–water partition coefficient (Wildman–Crippen LogP) is 1.10. The summed E-state index contributed by atoms with van der Waals surface area (Å²) >= 11 is 0. The number of carbonyl (C=O) groups excluding carboxylic acids is 6. The molecular formula is C43H48N6O11. The Hall–Kier alpha value is -7.30. The highest BCUT2D eigenvalue weighted by atomic mass is 16.4. The van der Waals surface area contributed by atoms with Crippen LogP contribution in [0, 0.1) is 0 Å². The van der Waals surface area contributed by atoms with Gasteiger partial charge in [0, 0.05) is 39.7 Å². The Morgan fingerprint density at radius 3 is 1.52 bits per heavy atom. The molecule has 0 aliphatic carbocycles. The lowest BCUT2D eigenvalue weighted by atomic mass is 10.00. The Morgan fingerprint density at radius 2 is 0.967 bits per heavy atom. The van der Waals surface area contributed by atoms with Crippen LogP contribution in [0.1, 0.15) is 42.9 Å². The first kappa shape index (κ1) is 45.4. The maximum Gasteiger partial charge on any atom is 0.305 e. The second-order valence-corrected chi connectivity index (χ2v) is 14.1. The number of fused-ring (bicyclic) bond motifs is 1. The van der Waals surface area contributed by atoms with Gasteiger partial charge in [-0.2, -0.15) is 0 Å². The summed E-state index contributed by atoms with van der Waals surface area (Å²) in [6, 6.07) is 20.2. The van der Waals surface area contributed by atoms with Crippen molar-refractivity contribution in [1.82, 2.24) is 31.9 Å². The maximum absolute atomic E-state index is 14.2. The molecular weight excluding hydrogens is 777 g/mol. The summed E-state index contributed by atoms with van der Waals surface area (Å²) in [6.07, 6.45) is -2.02. The van der Waals surface area contributed by atoms with Crippen molar-refractivity contribution in [3.63, 3.8) is 0 Å². The van der Waals surface area contributed by atoms with Gasteiger partial charge in [0.1, 0.15) is 36.0 Å². The molecule has 0 saturated heterocycles. The number of hydrogen-bond donors (Lipinski definition) is 9. The number of carboxylic acids is 2. The van der Waals surface area contributed by atoms with Gasteiger partial charge in [0.05, 0.1) is 6.42 Å². The van der Waals surface area contributed by atoms with Crippen LogP contribution in [0.15, 0.2) is 97.1 Å². The molecule has 5 atom stereocenters. The first-order chi connectivity index (χ1) is 28.6. The predicted molar refractivity (Wildman–Crippen MR) is 218 cm³/mol. The number of phenolic OH excluding ortho intramolecular Hbond substituents is 1. The minimum absolute atomic E-state index is 0.0614. The van der Waals surface area contributed by atoms with E-state index in [-0.39, 0.29) is 31.4 Å². The molecule has 4 aromatic rings. The van der Waals surface area contributed by atoms with Gasteiger partial charge in [0.25, 0.3) is 0 Å². The molecule has 4 aromatic carbocycles. The topological polar surface area (TPSA) is 269 Å². The van der Waals surface area contributed by atoms with Crippen LogP contribution < -0.4 is 31.9 Å². The summed E-state index contributed by atoms with van der Waals surface area (Å²) in [5.74, 6) is -7.66. The number of carbonyl (C=O) groups is 8. The number of hydrogen-bond acceptors (Lipinski definition) is 9. The van der Waals surface area contributed by atoms with Gasteiger partial charge >= 0.3 is 11.9 Å². The Bertz CT molecular complexity index is 2170. The van der Waals surface area contributed by atoms with Crippen LogP contribution in [0.2, 0.25) is 0 Å². The monoisotopic (exact) mass is 824 g/mol. The number of carboxylic acid groups (broad SMARTS) is 2. The number of rotatable bonds is 21. The first-order valence-corrected chi connectivity index (χ1v) is 19.0.